The van der Waals surface area contributed by atoms with Gasteiger partial charge in [0.1, 0.15) is 31.3 Å². The number of hydrogen-bond acceptors (Lipinski definition) is 9. The Kier molecular flexibility index (Phi) is 32.1. The van der Waals surface area contributed by atoms with E-state index in [1.54, 1.807) is 6.08 Å². The number of phosphoric acid groups is 1. The van der Waals surface area contributed by atoms with E-state index < -0.39 is 38.6 Å². The summed E-state index contributed by atoms with van der Waals surface area (Å²) in [5, 5.41) is 9.85. The highest BCUT2D eigenvalue weighted by atomic mass is 31.2. The van der Waals surface area contributed by atoms with Gasteiger partial charge in [0, 0.05) is 25.7 Å². The smallest absolute Gasteiger partial charge is 0.466 e. The number of quaternary nitrogens is 1. The minimum absolute atomic E-state index is 0.00296. The first kappa shape index (κ1) is 56.7. The Morgan fingerprint density at radius 1 is 0.710 bits per heavy atom. The van der Waals surface area contributed by atoms with E-state index in [-0.39, 0.29) is 26.1 Å². The number of ether oxygens (including phenoxy) is 2. The lowest BCUT2D eigenvalue weighted by atomic mass is 10.0. The van der Waals surface area contributed by atoms with Gasteiger partial charge in [-0.2, -0.15) is 0 Å². The summed E-state index contributed by atoms with van der Waals surface area (Å²) in [5.41, 5.74) is 2.61. The summed E-state index contributed by atoms with van der Waals surface area (Å²) in [7, 11) is 1.38. The number of unbranched alkanes of at least 4 members (excludes halogenated alkanes) is 7. The highest BCUT2D eigenvalue weighted by Gasteiger charge is 2.27. The molecule has 0 aliphatic rings. The Balaban J connectivity index is 2.39. The number of esters is 2. The van der Waals surface area contributed by atoms with Crippen LogP contribution in [0, 0.1) is 13.8 Å². The summed E-state index contributed by atoms with van der Waals surface area (Å²) in [6, 6.07) is 0. The molecule has 0 fully saturated rings. The molecule has 1 aromatic heterocycles. The summed E-state index contributed by atoms with van der Waals surface area (Å²) < 4.78 is 40.4. The maximum atomic E-state index is 12.8. The van der Waals surface area contributed by atoms with Crippen LogP contribution in [0.3, 0.4) is 0 Å². The standard InChI is InChI=1S/C50H82NO10P/c1-8-10-28-34-45(52)35-29-24-20-16-14-12-11-13-15-17-22-26-31-37-49(53)57-41-46(42-59-62(55,56)58-40-39-51(5,6)7)60-50(54)38-32-27-23-19-18-21-25-30-36-48-44(4)43(3)47(61-48)33-9-2/h10,12-15,20,22,24,26,28-29,35,45-46,52H,8-9,11,16-19,21,23,25,27,30-34,36-42H2,1-7H3/p+1/b14-12-,15-13-,24-20+,26-22-,28-10-,35-29+/t45?,46-/m1/s1. The van der Waals surface area contributed by atoms with Crippen LogP contribution in [0.2, 0.25) is 0 Å². The molecular formula is C50H83NO10P+. The lowest BCUT2D eigenvalue weighted by Crippen LogP contribution is -2.37. The van der Waals surface area contributed by atoms with Crippen LogP contribution in [0.25, 0.3) is 0 Å². The third-order valence-corrected chi connectivity index (χ3v) is 11.0. The van der Waals surface area contributed by atoms with Crippen LogP contribution in [0.1, 0.15) is 146 Å². The van der Waals surface area contributed by atoms with Crippen LogP contribution >= 0.6 is 7.82 Å². The van der Waals surface area contributed by atoms with E-state index >= 15 is 0 Å². The van der Waals surface area contributed by atoms with Crippen molar-refractivity contribution in [2.45, 2.75) is 162 Å². The summed E-state index contributed by atoms with van der Waals surface area (Å²) in [6.07, 6.45) is 38.6. The molecule has 0 saturated heterocycles. The van der Waals surface area contributed by atoms with Crippen molar-refractivity contribution in [1.82, 2.24) is 0 Å². The van der Waals surface area contributed by atoms with Gasteiger partial charge in [-0.15, -0.1) is 0 Å². The number of hydrogen-bond donors (Lipinski definition) is 2. The van der Waals surface area contributed by atoms with Gasteiger partial charge in [-0.25, -0.2) is 4.57 Å². The van der Waals surface area contributed by atoms with Gasteiger partial charge in [0.25, 0.3) is 0 Å². The monoisotopic (exact) mass is 889 g/mol. The summed E-state index contributed by atoms with van der Waals surface area (Å²) in [4.78, 5) is 35.5. The van der Waals surface area contributed by atoms with Crippen molar-refractivity contribution in [3.8, 4) is 0 Å². The SMILES string of the molecule is CC/C=C\CC(O)/C=C/C=C/C/C=C\C/C=C\C/C=C\CCC(=O)OC[C@H](COP(=O)(O)OCC[N+](C)(C)C)OC(=O)CCCCCCCCCCc1oc(CCC)c(C)c1C. The van der Waals surface area contributed by atoms with Crippen molar-refractivity contribution in [2.24, 2.45) is 0 Å². The zero-order valence-corrected chi connectivity index (χ0v) is 40.3. The van der Waals surface area contributed by atoms with Crippen molar-refractivity contribution in [1.29, 1.82) is 0 Å². The molecule has 0 amide bonds. The van der Waals surface area contributed by atoms with Gasteiger partial charge < -0.3 is 28.4 Å². The number of rotatable bonds is 37. The molecule has 0 spiro atoms. The number of allylic oxidation sites excluding steroid dienone is 10. The van der Waals surface area contributed by atoms with E-state index in [0.717, 1.165) is 88.6 Å². The first-order valence-corrected chi connectivity index (χ1v) is 24.6. The van der Waals surface area contributed by atoms with E-state index in [1.165, 1.54) is 24.0 Å². The Morgan fingerprint density at radius 3 is 1.94 bits per heavy atom. The third-order valence-electron chi connectivity index (χ3n) is 10.0. The third kappa shape index (κ3) is 31.5. The minimum atomic E-state index is -4.42. The molecule has 0 aliphatic heterocycles. The maximum absolute atomic E-state index is 12.8. The summed E-state index contributed by atoms with van der Waals surface area (Å²) in [6.45, 7) is 8.31. The molecule has 11 nitrogen and oxygen atoms in total. The van der Waals surface area contributed by atoms with Gasteiger partial charge in [0.15, 0.2) is 6.10 Å². The molecule has 0 bridgehead atoms. The van der Waals surface area contributed by atoms with Crippen molar-refractivity contribution >= 4 is 19.8 Å². The number of carbonyl (C=O) groups excluding carboxylic acids is 2. The number of carbonyl (C=O) groups is 2. The molecule has 1 aromatic rings. The van der Waals surface area contributed by atoms with Crippen LogP contribution in [-0.4, -0.2) is 86.1 Å². The predicted octanol–water partition coefficient (Wildman–Crippen LogP) is 11.6. The van der Waals surface area contributed by atoms with Crippen molar-refractivity contribution in [2.75, 3.05) is 47.5 Å². The number of phosphoric ester groups is 1. The van der Waals surface area contributed by atoms with Gasteiger partial charge in [-0.05, 0) is 82.8 Å². The summed E-state index contributed by atoms with van der Waals surface area (Å²) in [5.74, 6) is 1.33. The number of likely N-dealkylation sites (N-methyl/N-ethyl adjacent to an activating group) is 1. The Bertz CT molecular complexity index is 1580. The molecular weight excluding hydrogens is 806 g/mol. The summed E-state index contributed by atoms with van der Waals surface area (Å²) >= 11 is 0. The topological polar surface area (TPSA) is 142 Å². The van der Waals surface area contributed by atoms with Crippen LogP contribution in [-0.2, 0) is 45.5 Å². The molecule has 12 heteroatoms. The number of aliphatic hydroxyl groups is 1. The molecule has 352 valence electrons. The lowest BCUT2D eigenvalue weighted by Gasteiger charge is -2.24. The Labute approximate surface area is 375 Å². The van der Waals surface area contributed by atoms with E-state index in [4.69, 9.17) is 22.9 Å². The van der Waals surface area contributed by atoms with Crippen LogP contribution in [0.15, 0.2) is 77.3 Å². The van der Waals surface area contributed by atoms with Gasteiger partial charge >= 0.3 is 19.8 Å². The normalized spacial score (nSPS) is 14.7. The van der Waals surface area contributed by atoms with Gasteiger partial charge in [-0.3, -0.25) is 18.6 Å². The molecule has 62 heavy (non-hydrogen) atoms. The maximum Gasteiger partial charge on any atom is 0.472 e. The Morgan fingerprint density at radius 2 is 1.31 bits per heavy atom. The lowest BCUT2D eigenvalue weighted by molar-refractivity contribution is -0.870. The fraction of sp³-hybridized carbons (Fsp3) is 0.640. The predicted molar refractivity (Wildman–Crippen MR) is 252 cm³/mol. The average molecular weight is 889 g/mol. The first-order chi connectivity index (χ1) is 29.7. The number of aryl methyl sites for hydroxylation is 2. The molecule has 0 radical (unpaired) electrons. The van der Waals surface area contributed by atoms with E-state index in [9.17, 15) is 24.2 Å². The number of nitrogens with zero attached hydrogens (tertiary/aromatic N) is 1. The quantitative estimate of drug-likeness (QED) is 0.0166. The van der Waals surface area contributed by atoms with Crippen molar-refractivity contribution < 1.29 is 51.6 Å². The molecule has 0 aliphatic carbocycles. The van der Waals surface area contributed by atoms with Crippen LogP contribution < -0.4 is 0 Å². The Hall–Kier alpha value is -3.31. The van der Waals surface area contributed by atoms with Crippen molar-refractivity contribution in [3.05, 3.63) is 95.6 Å². The van der Waals surface area contributed by atoms with Crippen LogP contribution in [0.4, 0.5) is 0 Å². The molecule has 0 saturated carbocycles. The van der Waals surface area contributed by atoms with Gasteiger partial charge in [-0.1, -0.05) is 125 Å². The average Bonchev–Trinajstić information content (AvgIpc) is 3.48. The first-order valence-electron chi connectivity index (χ1n) is 23.1. The van der Waals surface area contributed by atoms with Gasteiger partial charge in [0.2, 0.25) is 0 Å². The molecule has 3 atom stereocenters. The minimum Gasteiger partial charge on any atom is -0.466 e. The zero-order valence-electron chi connectivity index (χ0n) is 39.4. The second-order valence-electron chi connectivity index (χ2n) is 16.8. The van der Waals surface area contributed by atoms with Crippen LogP contribution in [0.5, 0.6) is 0 Å². The largest absolute Gasteiger partial charge is 0.472 e. The van der Waals surface area contributed by atoms with E-state index in [1.807, 2.05) is 63.7 Å². The van der Waals surface area contributed by atoms with Gasteiger partial charge in [0.05, 0.1) is 33.9 Å². The fourth-order valence-electron chi connectivity index (χ4n) is 6.17. The molecule has 2 unspecified atom stereocenters. The number of furan rings is 1. The fourth-order valence-corrected chi connectivity index (χ4v) is 6.91. The highest BCUT2D eigenvalue weighted by molar-refractivity contribution is 7.47. The second-order valence-corrected chi connectivity index (χ2v) is 18.3. The molecule has 2 N–H and O–H groups in total. The van der Waals surface area contributed by atoms with Crippen molar-refractivity contribution in [3.63, 3.8) is 0 Å². The molecule has 0 aromatic carbocycles. The molecule has 1 heterocycles. The zero-order chi connectivity index (χ0) is 45.9. The highest BCUT2D eigenvalue weighted by Crippen LogP contribution is 2.43. The second kappa shape index (κ2) is 35.1. The number of aliphatic hydroxyl groups excluding tert-OH is 1. The molecule has 1 rings (SSSR count). The van der Waals surface area contributed by atoms with E-state index in [0.29, 0.717) is 30.3 Å². The van der Waals surface area contributed by atoms with E-state index in [2.05, 4.69) is 52.0 Å².